The third kappa shape index (κ3) is 3.50. The molecule has 0 saturated heterocycles. The number of nitrogens with zero attached hydrogens (tertiary/aromatic N) is 1. The van der Waals surface area contributed by atoms with E-state index in [9.17, 15) is 0 Å². The Bertz CT molecular complexity index is 222. The van der Waals surface area contributed by atoms with E-state index in [1.807, 2.05) is 6.07 Å². The molecule has 0 N–H and O–H groups in total. The van der Waals surface area contributed by atoms with Crippen LogP contribution < -0.4 is 0 Å². The third-order valence-corrected chi connectivity index (χ3v) is 4.03. The van der Waals surface area contributed by atoms with E-state index in [1.54, 1.807) is 0 Å². The monoisotopic (exact) mass is 253 g/mol. The minimum Gasteiger partial charge on any atom is -0.195 e. The minimum atomic E-state index is -1.23. The van der Waals surface area contributed by atoms with Crippen LogP contribution in [-0.4, -0.2) is 9.71 Å². The highest BCUT2D eigenvalue weighted by molar-refractivity contribution is 6.50. The van der Waals surface area contributed by atoms with E-state index < -0.39 is 4.33 Å². The first kappa shape index (κ1) is 12.4. The summed E-state index contributed by atoms with van der Waals surface area (Å²) in [4.78, 5) is 0. The maximum atomic E-state index is 8.83. The molecule has 2 unspecified atom stereocenters. The van der Waals surface area contributed by atoms with Crippen molar-refractivity contribution in [2.75, 3.05) is 0 Å². The van der Waals surface area contributed by atoms with E-state index in [0.717, 1.165) is 38.5 Å². The first-order valence-corrected chi connectivity index (χ1v) is 6.18. The van der Waals surface area contributed by atoms with Crippen LogP contribution in [0, 0.1) is 17.2 Å². The molecule has 4 heteroatoms. The lowest BCUT2D eigenvalue weighted by Gasteiger charge is -2.27. The van der Waals surface area contributed by atoms with E-state index in [1.165, 1.54) is 0 Å². The lowest BCUT2D eigenvalue weighted by Crippen LogP contribution is -2.26. The standard InChI is InChI=1S/C10H14Cl3N/c11-9-4-2-1-3-8(5-6-9)10(12,13)7-14/h8-9H,1-6H2. The molecule has 1 rings (SSSR count). The quantitative estimate of drug-likeness (QED) is 0.641. The summed E-state index contributed by atoms with van der Waals surface area (Å²) in [6.45, 7) is 0. The highest BCUT2D eigenvalue weighted by Crippen LogP contribution is 2.38. The topological polar surface area (TPSA) is 23.8 Å². The molecule has 0 aromatic rings. The minimum absolute atomic E-state index is 0.0670. The summed E-state index contributed by atoms with van der Waals surface area (Å²) in [5.41, 5.74) is 0. The molecule has 1 aliphatic rings. The number of rotatable bonds is 1. The Morgan fingerprint density at radius 2 is 1.71 bits per heavy atom. The van der Waals surface area contributed by atoms with Gasteiger partial charge in [0.15, 0.2) is 0 Å². The molecule has 0 bridgehead atoms. The molecular weight excluding hydrogens is 240 g/mol. The van der Waals surface area contributed by atoms with Gasteiger partial charge >= 0.3 is 0 Å². The Morgan fingerprint density at radius 3 is 2.36 bits per heavy atom. The summed E-state index contributed by atoms with van der Waals surface area (Å²) in [6.07, 6.45) is 5.95. The molecule has 80 valence electrons. The lowest BCUT2D eigenvalue weighted by molar-refractivity contribution is 0.375. The predicted octanol–water partition coefficient (Wildman–Crippen LogP) is 4.26. The van der Waals surface area contributed by atoms with Crippen molar-refractivity contribution in [1.29, 1.82) is 5.26 Å². The van der Waals surface area contributed by atoms with Crippen molar-refractivity contribution in [3.05, 3.63) is 0 Å². The van der Waals surface area contributed by atoms with E-state index in [2.05, 4.69) is 0 Å². The van der Waals surface area contributed by atoms with Crippen LogP contribution in [0.3, 0.4) is 0 Å². The largest absolute Gasteiger partial charge is 0.206 e. The van der Waals surface area contributed by atoms with Crippen LogP contribution in [0.25, 0.3) is 0 Å². The van der Waals surface area contributed by atoms with Crippen LogP contribution in [0.1, 0.15) is 38.5 Å². The fourth-order valence-corrected chi connectivity index (χ4v) is 2.60. The van der Waals surface area contributed by atoms with E-state index in [4.69, 9.17) is 40.1 Å². The summed E-state index contributed by atoms with van der Waals surface area (Å²) in [6, 6.07) is 1.96. The Balaban J connectivity index is 2.56. The first-order valence-electron chi connectivity index (χ1n) is 4.99. The van der Waals surface area contributed by atoms with Gasteiger partial charge in [0.25, 0.3) is 0 Å². The van der Waals surface area contributed by atoms with Gasteiger partial charge in [-0.3, -0.25) is 0 Å². The van der Waals surface area contributed by atoms with Gasteiger partial charge in [-0.25, -0.2) is 0 Å². The fraction of sp³-hybridized carbons (Fsp3) is 0.900. The molecule has 1 aliphatic carbocycles. The molecule has 2 atom stereocenters. The maximum Gasteiger partial charge on any atom is 0.206 e. The summed E-state index contributed by atoms with van der Waals surface area (Å²) < 4.78 is -1.23. The molecular formula is C10H14Cl3N. The summed E-state index contributed by atoms with van der Waals surface area (Å²) in [5.74, 6) is 0.0670. The van der Waals surface area contributed by atoms with Crippen LogP contribution in [0.15, 0.2) is 0 Å². The number of halogens is 3. The second kappa shape index (κ2) is 5.45. The Hall–Kier alpha value is 0.360. The van der Waals surface area contributed by atoms with Crippen molar-refractivity contribution in [1.82, 2.24) is 0 Å². The van der Waals surface area contributed by atoms with Gasteiger partial charge in [0.2, 0.25) is 4.33 Å². The number of alkyl halides is 3. The molecule has 1 fully saturated rings. The number of hydrogen-bond acceptors (Lipinski definition) is 1. The zero-order valence-corrected chi connectivity index (χ0v) is 10.2. The second-order valence-electron chi connectivity index (χ2n) is 3.89. The molecule has 1 nitrogen and oxygen atoms in total. The average Bonchev–Trinajstić information content (AvgIpc) is 2.11. The van der Waals surface area contributed by atoms with Crippen molar-refractivity contribution in [2.24, 2.45) is 5.92 Å². The first-order chi connectivity index (χ1) is 6.56. The van der Waals surface area contributed by atoms with Crippen molar-refractivity contribution in [3.8, 4) is 6.07 Å². The van der Waals surface area contributed by atoms with Gasteiger partial charge in [-0.15, -0.1) is 11.6 Å². The smallest absolute Gasteiger partial charge is 0.195 e. The van der Waals surface area contributed by atoms with Crippen molar-refractivity contribution >= 4 is 34.8 Å². The molecule has 0 aliphatic heterocycles. The number of nitriles is 1. The second-order valence-corrected chi connectivity index (χ2v) is 5.89. The third-order valence-electron chi connectivity index (χ3n) is 2.81. The molecule has 0 amide bonds. The van der Waals surface area contributed by atoms with Gasteiger partial charge in [0.1, 0.15) is 6.07 Å². The van der Waals surface area contributed by atoms with E-state index >= 15 is 0 Å². The normalized spacial score (nSPS) is 30.1. The van der Waals surface area contributed by atoms with Crippen LogP contribution >= 0.6 is 34.8 Å². The van der Waals surface area contributed by atoms with Crippen LogP contribution in [0.5, 0.6) is 0 Å². The zero-order valence-electron chi connectivity index (χ0n) is 7.98. The van der Waals surface area contributed by atoms with Gasteiger partial charge in [0, 0.05) is 11.3 Å². The fourth-order valence-electron chi connectivity index (χ4n) is 1.88. The van der Waals surface area contributed by atoms with Gasteiger partial charge in [0.05, 0.1) is 0 Å². The van der Waals surface area contributed by atoms with Gasteiger partial charge in [-0.05, 0) is 25.7 Å². The van der Waals surface area contributed by atoms with Gasteiger partial charge in [-0.1, -0.05) is 36.0 Å². The molecule has 0 spiro atoms. The van der Waals surface area contributed by atoms with Crippen molar-refractivity contribution in [3.63, 3.8) is 0 Å². The Labute approximate surface area is 100 Å². The Morgan fingerprint density at radius 1 is 1.07 bits per heavy atom. The van der Waals surface area contributed by atoms with E-state index in [-0.39, 0.29) is 11.3 Å². The highest BCUT2D eigenvalue weighted by atomic mass is 35.5. The summed E-state index contributed by atoms with van der Waals surface area (Å²) in [7, 11) is 0. The summed E-state index contributed by atoms with van der Waals surface area (Å²) in [5, 5.41) is 9.05. The molecule has 0 aromatic carbocycles. The molecule has 1 saturated carbocycles. The molecule has 0 heterocycles. The summed E-state index contributed by atoms with van der Waals surface area (Å²) >= 11 is 18.0. The maximum absolute atomic E-state index is 8.83. The molecule has 0 radical (unpaired) electrons. The van der Waals surface area contributed by atoms with Gasteiger partial charge < -0.3 is 0 Å². The number of hydrogen-bond donors (Lipinski definition) is 0. The van der Waals surface area contributed by atoms with Crippen LogP contribution in [0.4, 0.5) is 0 Å². The highest BCUT2D eigenvalue weighted by Gasteiger charge is 2.35. The lowest BCUT2D eigenvalue weighted by atomic mass is 9.88. The van der Waals surface area contributed by atoms with Gasteiger partial charge in [-0.2, -0.15) is 5.26 Å². The van der Waals surface area contributed by atoms with Crippen LogP contribution in [0.2, 0.25) is 0 Å². The average molecular weight is 255 g/mol. The van der Waals surface area contributed by atoms with E-state index in [0.29, 0.717) is 0 Å². The van der Waals surface area contributed by atoms with Crippen molar-refractivity contribution in [2.45, 2.75) is 48.2 Å². The SMILES string of the molecule is N#CC(Cl)(Cl)C1CCCCC(Cl)CC1. The zero-order chi connectivity index (χ0) is 10.6. The molecule has 0 aromatic heterocycles. The molecule has 14 heavy (non-hydrogen) atoms. The predicted molar refractivity (Wildman–Crippen MR) is 60.9 cm³/mol. The van der Waals surface area contributed by atoms with Crippen molar-refractivity contribution < 1.29 is 0 Å². The van der Waals surface area contributed by atoms with Crippen LogP contribution in [-0.2, 0) is 0 Å². The Kier molecular flexibility index (Phi) is 4.83.